The molecule has 84 valence electrons. The first-order valence-electron chi connectivity index (χ1n) is 5.39. The zero-order chi connectivity index (χ0) is 11.1. The summed E-state index contributed by atoms with van der Waals surface area (Å²) in [6, 6.07) is 4.91. The summed E-state index contributed by atoms with van der Waals surface area (Å²) in [4.78, 5) is 4.01. The lowest BCUT2D eigenvalue weighted by Crippen LogP contribution is -2.29. The molecule has 1 heterocycles. The molecule has 0 aliphatic rings. The molecule has 0 saturated carbocycles. The van der Waals surface area contributed by atoms with Crippen LogP contribution in [0.25, 0.3) is 0 Å². The number of hydrogen-bond donors (Lipinski definition) is 1. The SMILES string of the molecule is COCCC(C)NC(C)c1ccncc1. The van der Waals surface area contributed by atoms with Gasteiger partial charge in [0.25, 0.3) is 0 Å². The summed E-state index contributed by atoms with van der Waals surface area (Å²) >= 11 is 0. The van der Waals surface area contributed by atoms with Gasteiger partial charge in [0.2, 0.25) is 0 Å². The average molecular weight is 208 g/mol. The smallest absolute Gasteiger partial charge is 0.0476 e. The number of pyridine rings is 1. The molecule has 0 bridgehead atoms. The fourth-order valence-corrected chi connectivity index (χ4v) is 1.55. The minimum atomic E-state index is 0.361. The van der Waals surface area contributed by atoms with Crippen LogP contribution >= 0.6 is 0 Å². The summed E-state index contributed by atoms with van der Waals surface area (Å²) in [6.07, 6.45) is 4.69. The van der Waals surface area contributed by atoms with Crippen LogP contribution in [-0.4, -0.2) is 24.7 Å². The molecule has 0 amide bonds. The zero-order valence-corrected chi connectivity index (χ0v) is 9.73. The fraction of sp³-hybridized carbons (Fsp3) is 0.583. The number of rotatable bonds is 6. The van der Waals surface area contributed by atoms with E-state index in [1.807, 2.05) is 24.5 Å². The number of ether oxygens (including phenoxy) is 1. The molecule has 2 unspecified atom stereocenters. The molecular weight excluding hydrogens is 188 g/mol. The number of aromatic nitrogens is 1. The van der Waals surface area contributed by atoms with Crippen LogP contribution in [0.1, 0.15) is 31.9 Å². The van der Waals surface area contributed by atoms with Crippen LogP contribution in [0.2, 0.25) is 0 Å². The largest absolute Gasteiger partial charge is 0.385 e. The van der Waals surface area contributed by atoms with E-state index in [0.717, 1.165) is 13.0 Å². The molecular formula is C12H20N2O. The van der Waals surface area contributed by atoms with E-state index in [0.29, 0.717) is 12.1 Å². The monoisotopic (exact) mass is 208 g/mol. The first kappa shape index (κ1) is 12.1. The molecule has 2 atom stereocenters. The van der Waals surface area contributed by atoms with Crippen molar-refractivity contribution in [2.45, 2.75) is 32.4 Å². The van der Waals surface area contributed by atoms with Crippen molar-refractivity contribution in [3.05, 3.63) is 30.1 Å². The van der Waals surface area contributed by atoms with Gasteiger partial charge in [0.05, 0.1) is 0 Å². The van der Waals surface area contributed by atoms with Crippen molar-refractivity contribution < 1.29 is 4.74 Å². The van der Waals surface area contributed by atoms with Crippen LogP contribution in [0.4, 0.5) is 0 Å². The fourth-order valence-electron chi connectivity index (χ4n) is 1.55. The Bertz CT molecular complexity index is 264. The van der Waals surface area contributed by atoms with Crippen molar-refractivity contribution in [2.75, 3.05) is 13.7 Å². The van der Waals surface area contributed by atoms with Crippen molar-refractivity contribution in [1.29, 1.82) is 0 Å². The third-order valence-electron chi connectivity index (χ3n) is 2.50. The van der Waals surface area contributed by atoms with Gasteiger partial charge in [-0.3, -0.25) is 4.98 Å². The summed E-state index contributed by atoms with van der Waals surface area (Å²) < 4.78 is 5.05. The van der Waals surface area contributed by atoms with Crippen LogP contribution in [0.5, 0.6) is 0 Å². The second-order valence-corrected chi connectivity index (χ2v) is 3.85. The molecule has 1 aromatic rings. The number of methoxy groups -OCH3 is 1. The Morgan fingerprint density at radius 1 is 1.33 bits per heavy atom. The predicted molar refractivity (Wildman–Crippen MR) is 61.7 cm³/mol. The van der Waals surface area contributed by atoms with E-state index in [1.165, 1.54) is 5.56 Å². The highest BCUT2D eigenvalue weighted by Crippen LogP contribution is 2.11. The summed E-state index contributed by atoms with van der Waals surface area (Å²) in [6.45, 7) is 5.15. The van der Waals surface area contributed by atoms with Crippen molar-refractivity contribution >= 4 is 0 Å². The van der Waals surface area contributed by atoms with Gasteiger partial charge in [-0.2, -0.15) is 0 Å². The van der Waals surface area contributed by atoms with E-state index < -0.39 is 0 Å². The third kappa shape index (κ3) is 4.40. The highest BCUT2D eigenvalue weighted by Gasteiger charge is 2.08. The summed E-state index contributed by atoms with van der Waals surface area (Å²) in [5.74, 6) is 0. The molecule has 1 N–H and O–H groups in total. The quantitative estimate of drug-likeness (QED) is 0.778. The molecule has 0 aliphatic heterocycles. The predicted octanol–water partition coefficient (Wildman–Crippen LogP) is 2.16. The average Bonchev–Trinajstić information content (AvgIpc) is 2.27. The maximum Gasteiger partial charge on any atom is 0.0476 e. The molecule has 3 heteroatoms. The van der Waals surface area contributed by atoms with E-state index in [9.17, 15) is 0 Å². The minimum Gasteiger partial charge on any atom is -0.385 e. The van der Waals surface area contributed by atoms with Gasteiger partial charge in [-0.25, -0.2) is 0 Å². The van der Waals surface area contributed by atoms with Gasteiger partial charge in [0, 0.05) is 38.2 Å². The van der Waals surface area contributed by atoms with Gasteiger partial charge in [-0.1, -0.05) is 0 Å². The second-order valence-electron chi connectivity index (χ2n) is 3.85. The Balaban J connectivity index is 2.38. The van der Waals surface area contributed by atoms with E-state index in [2.05, 4.69) is 24.1 Å². The van der Waals surface area contributed by atoms with Crippen molar-refractivity contribution in [3.63, 3.8) is 0 Å². The Labute approximate surface area is 91.9 Å². The maximum atomic E-state index is 5.05. The molecule has 0 radical (unpaired) electrons. The van der Waals surface area contributed by atoms with Crippen LogP contribution < -0.4 is 5.32 Å². The minimum absolute atomic E-state index is 0.361. The first-order chi connectivity index (χ1) is 7.24. The Morgan fingerprint density at radius 3 is 2.60 bits per heavy atom. The molecule has 0 fully saturated rings. The van der Waals surface area contributed by atoms with Crippen LogP contribution in [0.15, 0.2) is 24.5 Å². The highest BCUT2D eigenvalue weighted by molar-refractivity contribution is 5.14. The van der Waals surface area contributed by atoms with Gasteiger partial charge in [-0.15, -0.1) is 0 Å². The Hall–Kier alpha value is -0.930. The second kappa shape index (κ2) is 6.53. The standard InChI is InChI=1S/C12H20N2O/c1-10(6-9-15-3)14-11(2)12-4-7-13-8-5-12/h4-5,7-8,10-11,14H,6,9H2,1-3H3. The third-order valence-corrected chi connectivity index (χ3v) is 2.50. The molecule has 3 nitrogen and oxygen atoms in total. The van der Waals surface area contributed by atoms with E-state index in [1.54, 1.807) is 7.11 Å². The van der Waals surface area contributed by atoms with Gasteiger partial charge in [0.1, 0.15) is 0 Å². The Kier molecular flexibility index (Phi) is 5.29. The number of hydrogen-bond acceptors (Lipinski definition) is 3. The lowest BCUT2D eigenvalue weighted by Gasteiger charge is -2.19. The summed E-state index contributed by atoms with van der Waals surface area (Å²) in [5.41, 5.74) is 1.27. The maximum absolute atomic E-state index is 5.05. The van der Waals surface area contributed by atoms with Crippen LogP contribution in [0.3, 0.4) is 0 Å². The van der Waals surface area contributed by atoms with Crippen molar-refractivity contribution in [3.8, 4) is 0 Å². The van der Waals surface area contributed by atoms with Gasteiger partial charge >= 0.3 is 0 Å². The van der Waals surface area contributed by atoms with E-state index in [-0.39, 0.29) is 0 Å². The molecule has 1 aromatic heterocycles. The van der Waals surface area contributed by atoms with Gasteiger partial charge < -0.3 is 10.1 Å². The lowest BCUT2D eigenvalue weighted by molar-refractivity contribution is 0.183. The number of nitrogens with zero attached hydrogens (tertiary/aromatic N) is 1. The molecule has 15 heavy (non-hydrogen) atoms. The van der Waals surface area contributed by atoms with E-state index in [4.69, 9.17) is 4.74 Å². The van der Waals surface area contributed by atoms with Crippen LogP contribution in [-0.2, 0) is 4.74 Å². The molecule has 0 aromatic carbocycles. The normalized spacial score (nSPS) is 14.9. The van der Waals surface area contributed by atoms with Gasteiger partial charge in [0.15, 0.2) is 0 Å². The summed E-state index contributed by atoms with van der Waals surface area (Å²) in [7, 11) is 1.74. The van der Waals surface area contributed by atoms with Crippen molar-refractivity contribution in [2.24, 2.45) is 0 Å². The van der Waals surface area contributed by atoms with E-state index >= 15 is 0 Å². The molecule has 0 spiro atoms. The zero-order valence-electron chi connectivity index (χ0n) is 9.73. The highest BCUT2D eigenvalue weighted by atomic mass is 16.5. The Morgan fingerprint density at radius 2 is 2.00 bits per heavy atom. The van der Waals surface area contributed by atoms with Gasteiger partial charge in [-0.05, 0) is 38.0 Å². The lowest BCUT2D eigenvalue weighted by atomic mass is 10.1. The van der Waals surface area contributed by atoms with Crippen LogP contribution in [0, 0.1) is 0 Å². The first-order valence-corrected chi connectivity index (χ1v) is 5.39. The topological polar surface area (TPSA) is 34.1 Å². The summed E-state index contributed by atoms with van der Waals surface area (Å²) in [5, 5.41) is 3.52. The molecule has 0 aliphatic carbocycles. The number of nitrogens with one attached hydrogen (secondary N) is 1. The molecule has 0 saturated heterocycles. The van der Waals surface area contributed by atoms with Crippen molar-refractivity contribution in [1.82, 2.24) is 10.3 Å². The molecule has 1 rings (SSSR count).